The van der Waals surface area contributed by atoms with Crippen molar-refractivity contribution in [2.24, 2.45) is 5.92 Å². The predicted molar refractivity (Wildman–Crippen MR) is 76.8 cm³/mol. The van der Waals surface area contributed by atoms with Crippen LogP contribution in [0, 0.1) is 5.92 Å². The van der Waals surface area contributed by atoms with Crippen LogP contribution in [0.3, 0.4) is 0 Å². The molecule has 2 atom stereocenters. The molecule has 0 radical (unpaired) electrons. The number of amides is 1. The minimum absolute atomic E-state index is 0.0849. The van der Waals surface area contributed by atoms with Gasteiger partial charge >= 0.3 is 0 Å². The molecule has 19 heavy (non-hydrogen) atoms. The number of carbonyl (C=O) groups is 2. The second kappa shape index (κ2) is 7.72. The molecule has 0 aliphatic heterocycles. The van der Waals surface area contributed by atoms with Crippen LogP contribution in [0.5, 0.6) is 0 Å². The molecule has 0 unspecified atom stereocenters. The van der Waals surface area contributed by atoms with E-state index >= 15 is 0 Å². The van der Waals surface area contributed by atoms with E-state index in [-0.39, 0.29) is 23.7 Å². The molecule has 1 N–H and O–H groups in total. The molecule has 1 aromatic rings. The van der Waals surface area contributed by atoms with Gasteiger partial charge in [0.1, 0.15) is 0 Å². The maximum atomic E-state index is 12.0. The van der Waals surface area contributed by atoms with Gasteiger partial charge in [-0.25, -0.2) is 0 Å². The van der Waals surface area contributed by atoms with Gasteiger partial charge in [0.15, 0.2) is 5.78 Å². The highest BCUT2D eigenvalue weighted by Crippen LogP contribution is 2.11. The van der Waals surface area contributed by atoms with Crippen LogP contribution >= 0.6 is 0 Å². The topological polar surface area (TPSA) is 46.2 Å². The van der Waals surface area contributed by atoms with Gasteiger partial charge in [-0.05, 0) is 11.5 Å². The third kappa shape index (κ3) is 4.86. The summed E-state index contributed by atoms with van der Waals surface area (Å²) in [6.07, 6.45) is 1.66. The van der Waals surface area contributed by atoms with Crippen molar-refractivity contribution in [2.75, 3.05) is 0 Å². The standard InChI is InChI=1S/C16H23NO2/c1-4-12(3)16(14(18)5-2)17-15(19)11-13-9-7-6-8-10-13/h6-10,12,16H,4-5,11H2,1-3H3,(H,17,19)/t12-,16-/m0/s1. The molecule has 0 heterocycles. The molecule has 0 aliphatic carbocycles. The average molecular weight is 261 g/mol. The van der Waals surface area contributed by atoms with Crippen molar-refractivity contribution >= 4 is 11.7 Å². The molecule has 1 amide bonds. The number of benzene rings is 1. The summed E-state index contributed by atoms with van der Waals surface area (Å²) in [5.41, 5.74) is 0.965. The van der Waals surface area contributed by atoms with E-state index in [0.29, 0.717) is 12.8 Å². The van der Waals surface area contributed by atoms with E-state index in [1.54, 1.807) is 0 Å². The van der Waals surface area contributed by atoms with Crippen molar-refractivity contribution in [3.63, 3.8) is 0 Å². The average Bonchev–Trinajstić information content (AvgIpc) is 2.44. The zero-order valence-corrected chi connectivity index (χ0v) is 12.0. The molecule has 0 saturated heterocycles. The molecule has 0 fully saturated rings. The molecular weight excluding hydrogens is 238 g/mol. The summed E-state index contributed by atoms with van der Waals surface area (Å²) in [4.78, 5) is 23.9. The minimum atomic E-state index is -0.355. The van der Waals surface area contributed by atoms with Crippen LogP contribution in [0.25, 0.3) is 0 Å². The highest BCUT2D eigenvalue weighted by Gasteiger charge is 2.24. The second-order valence-electron chi connectivity index (χ2n) is 4.91. The van der Waals surface area contributed by atoms with Gasteiger partial charge in [-0.15, -0.1) is 0 Å². The van der Waals surface area contributed by atoms with Gasteiger partial charge in [-0.2, -0.15) is 0 Å². The van der Waals surface area contributed by atoms with Crippen molar-refractivity contribution in [3.8, 4) is 0 Å². The van der Waals surface area contributed by atoms with Gasteiger partial charge in [0.2, 0.25) is 5.91 Å². The third-order valence-electron chi connectivity index (χ3n) is 3.43. The van der Waals surface area contributed by atoms with Crippen LogP contribution in [0.1, 0.15) is 39.2 Å². The number of rotatable bonds is 7. The lowest BCUT2D eigenvalue weighted by atomic mass is 9.94. The van der Waals surface area contributed by atoms with E-state index in [2.05, 4.69) is 5.32 Å². The Morgan fingerprint density at radius 2 is 1.79 bits per heavy atom. The molecule has 0 aliphatic rings. The molecule has 1 rings (SSSR count). The number of hydrogen-bond acceptors (Lipinski definition) is 2. The van der Waals surface area contributed by atoms with Gasteiger partial charge in [0, 0.05) is 6.42 Å². The Kier molecular flexibility index (Phi) is 6.26. The normalized spacial score (nSPS) is 13.6. The quantitative estimate of drug-likeness (QED) is 0.820. The first-order valence-electron chi connectivity index (χ1n) is 6.94. The highest BCUT2D eigenvalue weighted by atomic mass is 16.2. The number of ketones is 1. The summed E-state index contributed by atoms with van der Waals surface area (Å²) < 4.78 is 0. The monoisotopic (exact) mass is 261 g/mol. The number of Topliss-reactive ketones (excluding diaryl/α,β-unsaturated/α-hetero) is 1. The van der Waals surface area contributed by atoms with Crippen molar-refractivity contribution in [1.82, 2.24) is 5.32 Å². The lowest BCUT2D eigenvalue weighted by molar-refractivity contribution is -0.128. The lowest BCUT2D eigenvalue weighted by Gasteiger charge is -2.22. The zero-order valence-electron chi connectivity index (χ0n) is 12.0. The summed E-state index contributed by atoms with van der Waals surface area (Å²) in [5.74, 6) is 0.196. The van der Waals surface area contributed by atoms with Crippen LogP contribution in [-0.4, -0.2) is 17.7 Å². The molecule has 1 aromatic carbocycles. The van der Waals surface area contributed by atoms with Gasteiger partial charge in [0.05, 0.1) is 12.5 Å². The maximum Gasteiger partial charge on any atom is 0.225 e. The Hall–Kier alpha value is -1.64. The van der Waals surface area contributed by atoms with E-state index < -0.39 is 0 Å². The highest BCUT2D eigenvalue weighted by molar-refractivity contribution is 5.89. The smallest absolute Gasteiger partial charge is 0.225 e. The molecule has 3 heteroatoms. The molecular formula is C16H23NO2. The van der Waals surface area contributed by atoms with Crippen molar-refractivity contribution < 1.29 is 9.59 Å². The van der Waals surface area contributed by atoms with Crippen LogP contribution in [0.15, 0.2) is 30.3 Å². The summed E-state index contributed by atoms with van der Waals surface area (Å²) >= 11 is 0. The van der Waals surface area contributed by atoms with Gasteiger partial charge < -0.3 is 5.32 Å². The van der Waals surface area contributed by atoms with Crippen LogP contribution < -0.4 is 5.32 Å². The van der Waals surface area contributed by atoms with Crippen LogP contribution in [0.4, 0.5) is 0 Å². The molecule has 104 valence electrons. The molecule has 0 bridgehead atoms. The molecule has 3 nitrogen and oxygen atoms in total. The zero-order chi connectivity index (χ0) is 14.3. The number of hydrogen-bond donors (Lipinski definition) is 1. The Bertz CT molecular complexity index is 414. The molecule has 0 aromatic heterocycles. The fourth-order valence-electron chi connectivity index (χ4n) is 2.00. The van der Waals surface area contributed by atoms with Crippen molar-refractivity contribution in [3.05, 3.63) is 35.9 Å². The number of carbonyl (C=O) groups excluding carboxylic acids is 2. The maximum absolute atomic E-state index is 12.0. The van der Waals surface area contributed by atoms with Crippen molar-refractivity contribution in [2.45, 2.75) is 46.1 Å². The molecule has 0 saturated carbocycles. The van der Waals surface area contributed by atoms with Crippen LogP contribution in [-0.2, 0) is 16.0 Å². The van der Waals surface area contributed by atoms with E-state index in [1.807, 2.05) is 51.1 Å². The first-order chi connectivity index (χ1) is 9.08. The Labute approximate surface area is 115 Å². The fourth-order valence-corrected chi connectivity index (χ4v) is 2.00. The number of nitrogens with one attached hydrogen (secondary N) is 1. The van der Waals surface area contributed by atoms with E-state index in [1.165, 1.54) is 0 Å². The summed E-state index contributed by atoms with van der Waals surface area (Å²) in [6, 6.07) is 9.21. The van der Waals surface area contributed by atoms with Crippen LogP contribution in [0.2, 0.25) is 0 Å². The first kappa shape index (κ1) is 15.4. The van der Waals surface area contributed by atoms with Gasteiger partial charge in [0.25, 0.3) is 0 Å². The second-order valence-corrected chi connectivity index (χ2v) is 4.91. The van der Waals surface area contributed by atoms with E-state index in [0.717, 1.165) is 12.0 Å². The molecule has 0 spiro atoms. The Morgan fingerprint density at radius 1 is 1.16 bits per heavy atom. The lowest BCUT2D eigenvalue weighted by Crippen LogP contribution is -2.45. The van der Waals surface area contributed by atoms with Gasteiger partial charge in [-0.3, -0.25) is 9.59 Å². The Morgan fingerprint density at radius 3 is 2.32 bits per heavy atom. The summed E-state index contributed by atoms with van der Waals surface area (Å²) in [6.45, 7) is 5.87. The summed E-state index contributed by atoms with van der Waals surface area (Å²) in [7, 11) is 0. The minimum Gasteiger partial charge on any atom is -0.346 e. The van der Waals surface area contributed by atoms with E-state index in [9.17, 15) is 9.59 Å². The fraction of sp³-hybridized carbons (Fsp3) is 0.500. The SMILES string of the molecule is CCC(=O)[C@@H](NC(=O)Cc1ccccc1)[C@@H](C)CC. The summed E-state index contributed by atoms with van der Waals surface area (Å²) in [5, 5.41) is 2.88. The third-order valence-corrected chi connectivity index (χ3v) is 3.43. The van der Waals surface area contributed by atoms with Crippen molar-refractivity contribution in [1.29, 1.82) is 0 Å². The predicted octanol–water partition coefficient (Wildman–Crippen LogP) is 2.74. The largest absolute Gasteiger partial charge is 0.346 e. The van der Waals surface area contributed by atoms with E-state index in [4.69, 9.17) is 0 Å². The van der Waals surface area contributed by atoms with Gasteiger partial charge in [-0.1, -0.05) is 57.5 Å². The Balaban J connectivity index is 2.64. The first-order valence-corrected chi connectivity index (χ1v) is 6.94.